The minimum Gasteiger partial charge on any atom is -0.496 e. The van der Waals surface area contributed by atoms with Crippen molar-refractivity contribution in [3.05, 3.63) is 46.2 Å². The fraction of sp³-hybridized carbons (Fsp3) is 0.312. The summed E-state index contributed by atoms with van der Waals surface area (Å²) < 4.78 is 5.21. The molecule has 0 fully saturated rings. The number of nitrogens with two attached hydrogens (primary N) is 1. The molecule has 1 aromatic heterocycles. The van der Waals surface area contributed by atoms with Gasteiger partial charge in [-0.1, -0.05) is 19.9 Å². The summed E-state index contributed by atoms with van der Waals surface area (Å²) >= 11 is 1.69. The molecule has 0 atom stereocenters. The Kier molecular flexibility index (Phi) is 4.53. The smallest absolute Gasteiger partial charge is 0.255 e. The van der Waals surface area contributed by atoms with Crippen molar-refractivity contribution in [2.24, 2.45) is 0 Å². The first-order valence-electron chi connectivity index (χ1n) is 6.70. The summed E-state index contributed by atoms with van der Waals surface area (Å²) in [6.07, 6.45) is 0. The van der Waals surface area contributed by atoms with Crippen LogP contribution in [0.3, 0.4) is 0 Å². The molecule has 0 aliphatic carbocycles. The fourth-order valence-corrected chi connectivity index (χ4v) is 2.89. The normalized spacial score (nSPS) is 11.2. The lowest BCUT2D eigenvalue weighted by atomic mass is 9.91. The third-order valence-corrected chi connectivity index (χ3v) is 4.59. The maximum atomic E-state index is 12.3. The van der Waals surface area contributed by atoms with Gasteiger partial charge in [0.2, 0.25) is 0 Å². The van der Waals surface area contributed by atoms with Gasteiger partial charge in [0, 0.05) is 28.6 Å². The molecule has 0 spiro atoms. The molecular weight excluding hydrogens is 284 g/mol. The van der Waals surface area contributed by atoms with Crippen LogP contribution in [0.1, 0.15) is 29.1 Å². The highest BCUT2D eigenvalue weighted by Gasteiger charge is 2.23. The van der Waals surface area contributed by atoms with Crippen molar-refractivity contribution in [2.45, 2.75) is 19.3 Å². The third-order valence-electron chi connectivity index (χ3n) is 3.35. The van der Waals surface area contributed by atoms with Gasteiger partial charge < -0.3 is 15.8 Å². The van der Waals surface area contributed by atoms with Crippen molar-refractivity contribution in [3.63, 3.8) is 0 Å². The molecule has 0 bridgehead atoms. The number of ether oxygens (including phenoxy) is 1. The van der Waals surface area contributed by atoms with E-state index in [-0.39, 0.29) is 11.3 Å². The largest absolute Gasteiger partial charge is 0.496 e. The van der Waals surface area contributed by atoms with E-state index in [2.05, 4.69) is 25.2 Å². The highest BCUT2D eigenvalue weighted by atomic mass is 32.1. The molecule has 112 valence electrons. The number of anilines is 1. The summed E-state index contributed by atoms with van der Waals surface area (Å²) in [6, 6.07) is 9.13. The van der Waals surface area contributed by atoms with Gasteiger partial charge in [0.15, 0.2) is 0 Å². The number of rotatable bonds is 5. The van der Waals surface area contributed by atoms with Crippen molar-refractivity contribution in [2.75, 3.05) is 19.4 Å². The number of methoxy groups -OCH3 is 1. The number of hydrogen-bond acceptors (Lipinski definition) is 4. The van der Waals surface area contributed by atoms with Gasteiger partial charge in [0.25, 0.3) is 5.91 Å². The summed E-state index contributed by atoms with van der Waals surface area (Å²) in [5.74, 6) is 0.331. The molecule has 0 saturated heterocycles. The van der Waals surface area contributed by atoms with Gasteiger partial charge in [-0.2, -0.15) is 0 Å². The van der Waals surface area contributed by atoms with Crippen LogP contribution in [-0.4, -0.2) is 19.6 Å². The second-order valence-electron chi connectivity index (χ2n) is 5.50. The Morgan fingerprint density at radius 3 is 2.76 bits per heavy atom. The van der Waals surface area contributed by atoms with E-state index < -0.39 is 0 Å². The molecule has 0 saturated carbocycles. The lowest BCUT2D eigenvalue weighted by Crippen LogP contribution is -2.36. The quantitative estimate of drug-likeness (QED) is 0.835. The Morgan fingerprint density at radius 2 is 2.14 bits per heavy atom. The third kappa shape index (κ3) is 3.55. The molecule has 2 aromatic rings. The van der Waals surface area contributed by atoms with Gasteiger partial charge in [-0.3, -0.25) is 4.79 Å². The zero-order chi connectivity index (χ0) is 15.5. The van der Waals surface area contributed by atoms with Crippen molar-refractivity contribution in [3.8, 4) is 5.75 Å². The van der Waals surface area contributed by atoms with Crippen LogP contribution in [0.4, 0.5) is 5.69 Å². The molecule has 21 heavy (non-hydrogen) atoms. The zero-order valence-electron chi connectivity index (χ0n) is 12.5. The predicted molar refractivity (Wildman–Crippen MR) is 87.1 cm³/mol. The molecule has 0 radical (unpaired) electrons. The molecule has 2 rings (SSSR count). The lowest BCUT2D eigenvalue weighted by molar-refractivity contribution is 0.0943. The van der Waals surface area contributed by atoms with Gasteiger partial charge in [0.05, 0.1) is 12.7 Å². The lowest BCUT2D eigenvalue weighted by Gasteiger charge is -2.24. The van der Waals surface area contributed by atoms with Crippen molar-refractivity contribution in [1.82, 2.24) is 5.32 Å². The predicted octanol–water partition coefficient (Wildman–Crippen LogP) is 3.05. The number of nitrogens with one attached hydrogen (secondary N) is 1. The van der Waals surface area contributed by atoms with E-state index in [1.807, 2.05) is 11.4 Å². The molecule has 0 unspecified atom stereocenters. The Morgan fingerprint density at radius 1 is 1.38 bits per heavy atom. The summed E-state index contributed by atoms with van der Waals surface area (Å²) in [6.45, 7) is 4.78. The van der Waals surface area contributed by atoms with Crippen molar-refractivity contribution < 1.29 is 9.53 Å². The average molecular weight is 304 g/mol. The van der Waals surface area contributed by atoms with Crippen molar-refractivity contribution in [1.29, 1.82) is 0 Å². The average Bonchev–Trinajstić information content (AvgIpc) is 2.99. The van der Waals surface area contributed by atoms with E-state index in [0.717, 1.165) is 0 Å². The van der Waals surface area contributed by atoms with Crippen LogP contribution >= 0.6 is 11.3 Å². The number of hydrogen-bond donors (Lipinski definition) is 2. The molecule has 1 aromatic carbocycles. The Hall–Kier alpha value is -2.01. The van der Waals surface area contributed by atoms with Crippen LogP contribution in [-0.2, 0) is 5.41 Å². The van der Waals surface area contributed by atoms with E-state index in [1.54, 1.807) is 29.5 Å². The molecule has 5 heteroatoms. The number of amides is 1. The van der Waals surface area contributed by atoms with Gasteiger partial charge in [-0.05, 0) is 23.6 Å². The van der Waals surface area contributed by atoms with Crippen LogP contribution in [0.2, 0.25) is 0 Å². The minimum absolute atomic E-state index is 0.106. The maximum absolute atomic E-state index is 12.3. The summed E-state index contributed by atoms with van der Waals surface area (Å²) in [4.78, 5) is 13.6. The monoisotopic (exact) mass is 304 g/mol. The first-order valence-corrected chi connectivity index (χ1v) is 7.58. The van der Waals surface area contributed by atoms with E-state index in [4.69, 9.17) is 10.5 Å². The van der Waals surface area contributed by atoms with Gasteiger partial charge in [0.1, 0.15) is 5.75 Å². The highest BCUT2D eigenvalue weighted by molar-refractivity contribution is 7.10. The summed E-state index contributed by atoms with van der Waals surface area (Å²) in [7, 11) is 1.53. The summed E-state index contributed by atoms with van der Waals surface area (Å²) in [5.41, 5.74) is 6.66. The van der Waals surface area contributed by atoms with Crippen LogP contribution in [0.5, 0.6) is 5.75 Å². The first kappa shape index (κ1) is 15.4. The molecular formula is C16H20N2O2S. The Bertz CT molecular complexity index is 621. The fourth-order valence-electron chi connectivity index (χ4n) is 2.04. The first-order chi connectivity index (χ1) is 9.94. The minimum atomic E-state index is -0.156. The van der Waals surface area contributed by atoms with E-state index >= 15 is 0 Å². The number of thiophene rings is 1. The zero-order valence-corrected chi connectivity index (χ0v) is 13.3. The highest BCUT2D eigenvalue weighted by Crippen LogP contribution is 2.27. The van der Waals surface area contributed by atoms with Crippen molar-refractivity contribution >= 4 is 22.9 Å². The molecule has 4 nitrogen and oxygen atoms in total. The van der Waals surface area contributed by atoms with Gasteiger partial charge >= 0.3 is 0 Å². The second kappa shape index (κ2) is 6.18. The molecule has 0 aliphatic heterocycles. The summed E-state index contributed by atoms with van der Waals surface area (Å²) in [5, 5.41) is 5.01. The standard InChI is InChI=1S/C16H20N2O2S/c1-16(2,14-5-4-8-21-14)10-18-15(19)12-7-6-11(17)9-13(12)20-3/h4-9H,10,17H2,1-3H3,(H,18,19). The second-order valence-corrected chi connectivity index (χ2v) is 6.45. The van der Waals surface area contributed by atoms with Crippen LogP contribution in [0, 0.1) is 0 Å². The van der Waals surface area contributed by atoms with E-state index in [9.17, 15) is 4.79 Å². The number of nitrogen functional groups attached to an aromatic ring is 1. The molecule has 0 aliphatic rings. The maximum Gasteiger partial charge on any atom is 0.255 e. The topological polar surface area (TPSA) is 64.3 Å². The van der Waals surface area contributed by atoms with E-state index in [0.29, 0.717) is 23.5 Å². The van der Waals surface area contributed by atoms with Crippen LogP contribution in [0.15, 0.2) is 35.7 Å². The molecule has 1 heterocycles. The molecule has 1 amide bonds. The Labute approximate surface area is 128 Å². The molecule has 3 N–H and O–H groups in total. The SMILES string of the molecule is COc1cc(N)ccc1C(=O)NCC(C)(C)c1cccs1. The van der Waals surface area contributed by atoms with E-state index in [1.165, 1.54) is 12.0 Å². The van der Waals surface area contributed by atoms with Crippen LogP contribution < -0.4 is 15.8 Å². The van der Waals surface area contributed by atoms with Crippen LogP contribution in [0.25, 0.3) is 0 Å². The number of carbonyl (C=O) groups excluding carboxylic acids is 1. The number of carbonyl (C=O) groups is 1. The van der Waals surface area contributed by atoms with Gasteiger partial charge in [-0.15, -0.1) is 11.3 Å². The Balaban J connectivity index is 2.09. The number of benzene rings is 1. The van der Waals surface area contributed by atoms with Gasteiger partial charge in [-0.25, -0.2) is 0 Å².